The van der Waals surface area contributed by atoms with E-state index >= 15 is 0 Å². The lowest BCUT2D eigenvalue weighted by Gasteiger charge is -2.31. The first-order valence-corrected chi connectivity index (χ1v) is 6.65. The van der Waals surface area contributed by atoms with E-state index in [4.69, 9.17) is 9.52 Å². The SMILES string of the molecule is CN1CCN(Cc2nc3ccc(C(=O)O)cc3o2)CC1. The van der Waals surface area contributed by atoms with Gasteiger partial charge in [0.15, 0.2) is 5.58 Å². The fourth-order valence-electron chi connectivity index (χ4n) is 2.37. The van der Waals surface area contributed by atoms with Crippen LogP contribution >= 0.6 is 0 Å². The van der Waals surface area contributed by atoms with Crippen LogP contribution in [-0.4, -0.2) is 59.1 Å². The first-order valence-electron chi connectivity index (χ1n) is 6.65. The van der Waals surface area contributed by atoms with Crippen LogP contribution in [0.25, 0.3) is 11.1 Å². The standard InChI is InChI=1S/C14H17N3O3/c1-16-4-6-17(7-5-16)9-13-15-11-3-2-10(14(18)19)8-12(11)20-13/h2-3,8H,4-7,9H2,1H3,(H,18,19). The van der Waals surface area contributed by atoms with E-state index in [9.17, 15) is 4.79 Å². The van der Waals surface area contributed by atoms with E-state index in [0.29, 0.717) is 23.5 Å². The van der Waals surface area contributed by atoms with Crippen LogP contribution in [0.3, 0.4) is 0 Å². The Morgan fingerprint density at radius 3 is 2.80 bits per heavy atom. The monoisotopic (exact) mass is 275 g/mol. The first-order chi connectivity index (χ1) is 9.61. The Morgan fingerprint density at radius 1 is 1.35 bits per heavy atom. The van der Waals surface area contributed by atoms with Crippen molar-refractivity contribution in [2.75, 3.05) is 33.2 Å². The average Bonchev–Trinajstić information content (AvgIpc) is 2.82. The van der Waals surface area contributed by atoms with E-state index in [1.54, 1.807) is 12.1 Å². The zero-order valence-corrected chi connectivity index (χ0v) is 11.4. The Labute approximate surface area is 116 Å². The van der Waals surface area contributed by atoms with Gasteiger partial charge in [0.1, 0.15) is 5.52 Å². The topological polar surface area (TPSA) is 69.8 Å². The van der Waals surface area contributed by atoms with Gasteiger partial charge in [0, 0.05) is 26.2 Å². The maximum absolute atomic E-state index is 10.9. The molecule has 0 amide bonds. The molecule has 2 heterocycles. The minimum Gasteiger partial charge on any atom is -0.478 e. The predicted octanol–water partition coefficient (Wildman–Crippen LogP) is 1.27. The number of carbonyl (C=O) groups is 1. The van der Waals surface area contributed by atoms with Gasteiger partial charge in [-0.3, -0.25) is 4.90 Å². The number of carboxylic acid groups (broad SMARTS) is 1. The van der Waals surface area contributed by atoms with E-state index in [2.05, 4.69) is 21.8 Å². The van der Waals surface area contributed by atoms with Crippen LogP contribution in [-0.2, 0) is 6.54 Å². The van der Waals surface area contributed by atoms with Crippen molar-refractivity contribution in [3.63, 3.8) is 0 Å². The molecule has 6 nitrogen and oxygen atoms in total. The molecule has 1 saturated heterocycles. The zero-order valence-electron chi connectivity index (χ0n) is 11.4. The largest absolute Gasteiger partial charge is 0.478 e. The van der Waals surface area contributed by atoms with Gasteiger partial charge in [-0.05, 0) is 25.2 Å². The molecule has 3 rings (SSSR count). The number of likely N-dealkylation sites (N-methyl/N-ethyl adjacent to an activating group) is 1. The molecule has 1 aliphatic rings. The maximum Gasteiger partial charge on any atom is 0.335 e. The van der Waals surface area contributed by atoms with Crippen LogP contribution in [0.5, 0.6) is 0 Å². The molecule has 0 aliphatic carbocycles. The van der Waals surface area contributed by atoms with Crippen molar-refractivity contribution < 1.29 is 14.3 Å². The lowest BCUT2D eigenvalue weighted by atomic mass is 10.2. The molecule has 20 heavy (non-hydrogen) atoms. The molecule has 106 valence electrons. The van der Waals surface area contributed by atoms with E-state index in [1.165, 1.54) is 6.07 Å². The van der Waals surface area contributed by atoms with Gasteiger partial charge in [-0.15, -0.1) is 0 Å². The number of aromatic nitrogens is 1. The van der Waals surface area contributed by atoms with Crippen molar-refractivity contribution >= 4 is 17.1 Å². The third kappa shape index (κ3) is 2.66. The lowest BCUT2D eigenvalue weighted by Crippen LogP contribution is -2.43. The normalized spacial score (nSPS) is 17.6. The Kier molecular flexibility index (Phi) is 3.42. The fourth-order valence-corrected chi connectivity index (χ4v) is 2.37. The number of benzene rings is 1. The van der Waals surface area contributed by atoms with Crippen molar-refractivity contribution in [1.29, 1.82) is 0 Å². The number of aromatic carboxylic acids is 1. The van der Waals surface area contributed by atoms with E-state index in [-0.39, 0.29) is 5.56 Å². The van der Waals surface area contributed by atoms with Gasteiger partial charge in [-0.1, -0.05) is 0 Å². The summed E-state index contributed by atoms with van der Waals surface area (Å²) in [5, 5.41) is 8.96. The van der Waals surface area contributed by atoms with Gasteiger partial charge >= 0.3 is 5.97 Å². The van der Waals surface area contributed by atoms with Gasteiger partial charge < -0.3 is 14.4 Å². The summed E-state index contributed by atoms with van der Waals surface area (Å²) in [5.74, 6) is -0.309. The zero-order chi connectivity index (χ0) is 14.1. The summed E-state index contributed by atoms with van der Waals surface area (Å²) in [6, 6.07) is 4.76. The van der Waals surface area contributed by atoms with Gasteiger partial charge in [0.25, 0.3) is 0 Å². The highest BCUT2D eigenvalue weighted by atomic mass is 16.4. The second kappa shape index (κ2) is 5.22. The second-order valence-electron chi connectivity index (χ2n) is 5.17. The molecule has 0 radical (unpaired) electrons. The molecule has 1 N–H and O–H groups in total. The molecule has 0 atom stereocenters. The molecule has 1 aliphatic heterocycles. The number of hydrogen-bond acceptors (Lipinski definition) is 5. The van der Waals surface area contributed by atoms with E-state index < -0.39 is 5.97 Å². The maximum atomic E-state index is 10.9. The quantitative estimate of drug-likeness (QED) is 0.909. The number of fused-ring (bicyclic) bond motifs is 1. The van der Waals surface area contributed by atoms with Crippen molar-refractivity contribution in [3.05, 3.63) is 29.7 Å². The molecule has 1 aromatic carbocycles. The molecule has 0 saturated carbocycles. The molecule has 0 spiro atoms. The van der Waals surface area contributed by atoms with Crippen molar-refractivity contribution in [3.8, 4) is 0 Å². The van der Waals surface area contributed by atoms with Gasteiger partial charge in [-0.2, -0.15) is 0 Å². The van der Waals surface area contributed by atoms with Crippen LogP contribution in [0.4, 0.5) is 0 Å². The number of rotatable bonds is 3. The number of hydrogen-bond donors (Lipinski definition) is 1. The third-order valence-corrected chi connectivity index (χ3v) is 3.63. The fraction of sp³-hybridized carbons (Fsp3) is 0.429. The molecule has 1 aromatic heterocycles. The van der Waals surface area contributed by atoms with Gasteiger partial charge in [-0.25, -0.2) is 9.78 Å². The summed E-state index contributed by atoms with van der Waals surface area (Å²) in [5.41, 5.74) is 1.47. The number of piperazine rings is 1. The van der Waals surface area contributed by atoms with Gasteiger partial charge in [0.05, 0.1) is 12.1 Å². The Balaban J connectivity index is 1.77. The van der Waals surface area contributed by atoms with Crippen LogP contribution in [0.15, 0.2) is 22.6 Å². The number of nitrogens with zero attached hydrogens (tertiary/aromatic N) is 3. The molecule has 0 unspecified atom stereocenters. The minimum atomic E-state index is -0.955. The summed E-state index contributed by atoms with van der Waals surface area (Å²) in [6.45, 7) is 4.75. The highest BCUT2D eigenvalue weighted by Crippen LogP contribution is 2.18. The van der Waals surface area contributed by atoms with Crippen molar-refractivity contribution in [1.82, 2.24) is 14.8 Å². The summed E-state index contributed by atoms with van der Waals surface area (Å²) in [6.07, 6.45) is 0. The molecule has 2 aromatic rings. The highest BCUT2D eigenvalue weighted by Gasteiger charge is 2.17. The Morgan fingerprint density at radius 2 is 2.10 bits per heavy atom. The Hall–Kier alpha value is -1.92. The Bertz CT molecular complexity index is 630. The van der Waals surface area contributed by atoms with Crippen LogP contribution in [0, 0.1) is 0 Å². The number of carboxylic acids is 1. The summed E-state index contributed by atoms with van der Waals surface area (Å²) >= 11 is 0. The van der Waals surface area contributed by atoms with Gasteiger partial charge in [0.2, 0.25) is 5.89 Å². The van der Waals surface area contributed by atoms with E-state index in [0.717, 1.165) is 26.2 Å². The van der Waals surface area contributed by atoms with Crippen LogP contribution in [0.1, 0.15) is 16.2 Å². The van der Waals surface area contributed by atoms with Crippen molar-refractivity contribution in [2.24, 2.45) is 0 Å². The minimum absolute atomic E-state index is 0.222. The van der Waals surface area contributed by atoms with E-state index in [1.807, 2.05) is 0 Å². The third-order valence-electron chi connectivity index (χ3n) is 3.63. The molecular weight excluding hydrogens is 258 g/mol. The summed E-state index contributed by atoms with van der Waals surface area (Å²) in [7, 11) is 2.12. The molecule has 1 fully saturated rings. The molecule has 6 heteroatoms. The smallest absolute Gasteiger partial charge is 0.335 e. The summed E-state index contributed by atoms with van der Waals surface area (Å²) < 4.78 is 5.66. The average molecular weight is 275 g/mol. The molecule has 0 bridgehead atoms. The summed E-state index contributed by atoms with van der Waals surface area (Å²) in [4.78, 5) is 19.9. The van der Waals surface area contributed by atoms with Crippen LogP contribution in [0.2, 0.25) is 0 Å². The first kappa shape index (κ1) is 13.1. The lowest BCUT2D eigenvalue weighted by molar-refractivity contribution is 0.0697. The highest BCUT2D eigenvalue weighted by molar-refractivity contribution is 5.91. The predicted molar refractivity (Wildman–Crippen MR) is 73.7 cm³/mol. The second-order valence-corrected chi connectivity index (χ2v) is 5.17. The number of oxazole rings is 1. The molecular formula is C14H17N3O3. The van der Waals surface area contributed by atoms with Crippen LogP contribution < -0.4 is 0 Å². The van der Waals surface area contributed by atoms with Crippen molar-refractivity contribution in [2.45, 2.75) is 6.54 Å².